The van der Waals surface area contributed by atoms with Crippen LogP contribution in [0, 0.1) is 0 Å². The van der Waals surface area contributed by atoms with Crippen LogP contribution in [0.1, 0.15) is 29.7 Å². The van der Waals surface area contributed by atoms with Crippen molar-refractivity contribution in [2.24, 2.45) is 5.16 Å². The zero-order valence-electron chi connectivity index (χ0n) is 17.7. The van der Waals surface area contributed by atoms with E-state index in [1.807, 2.05) is 73.7 Å². The number of hydrogen-bond acceptors (Lipinski definition) is 5. The number of ether oxygens (including phenoxy) is 2. The highest BCUT2D eigenvalue weighted by Crippen LogP contribution is 2.27. The van der Waals surface area contributed by atoms with Crippen LogP contribution in [-0.2, 0) is 9.63 Å². The van der Waals surface area contributed by atoms with E-state index in [0.29, 0.717) is 18.1 Å². The van der Waals surface area contributed by atoms with E-state index in [1.165, 1.54) is 6.21 Å². The molecule has 6 heteroatoms. The summed E-state index contributed by atoms with van der Waals surface area (Å²) in [5.74, 6) is 1.01. The fraction of sp³-hybridized carbons (Fsp3) is 0.200. The summed E-state index contributed by atoms with van der Waals surface area (Å²) in [5, 5.41) is 6.92. The lowest BCUT2D eigenvalue weighted by atomic mass is 9.99. The molecule has 0 radical (unpaired) electrons. The molecule has 0 spiro atoms. The van der Waals surface area contributed by atoms with Crippen molar-refractivity contribution >= 4 is 12.1 Å². The van der Waals surface area contributed by atoms with Crippen LogP contribution in [-0.4, -0.2) is 32.4 Å². The van der Waals surface area contributed by atoms with Crippen molar-refractivity contribution in [3.63, 3.8) is 0 Å². The van der Waals surface area contributed by atoms with Crippen LogP contribution in [0.4, 0.5) is 0 Å². The number of hydrogen-bond donors (Lipinski definition) is 1. The minimum atomic E-state index is -0.266. The molecule has 0 saturated carbocycles. The third-order valence-electron chi connectivity index (χ3n) is 4.53. The highest BCUT2D eigenvalue weighted by atomic mass is 16.6. The average molecular weight is 418 g/mol. The maximum atomic E-state index is 12.5. The molecular formula is C25H26N2O4. The van der Waals surface area contributed by atoms with Crippen molar-refractivity contribution in [2.75, 3.05) is 20.3 Å². The molecule has 1 amide bonds. The van der Waals surface area contributed by atoms with Gasteiger partial charge in [-0.25, -0.2) is 0 Å². The van der Waals surface area contributed by atoms with Crippen molar-refractivity contribution in [1.29, 1.82) is 0 Å². The van der Waals surface area contributed by atoms with Gasteiger partial charge >= 0.3 is 0 Å². The summed E-state index contributed by atoms with van der Waals surface area (Å²) in [6.07, 6.45) is 1.53. The van der Waals surface area contributed by atoms with Gasteiger partial charge in [-0.05, 0) is 36.2 Å². The van der Waals surface area contributed by atoms with Crippen molar-refractivity contribution < 1.29 is 19.1 Å². The van der Waals surface area contributed by atoms with Crippen molar-refractivity contribution in [2.45, 2.75) is 13.0 Å². The maximum absolute atomic E-state index is 12.5. The number of amides is 1. The molecule has 0 aliphatic rings. The van der Waals surface area contributed by atoms with Crippen LogP contribution in [0.5, 0.6) is 11.5 Å². The molecule has 1 N–H and O–H groups in total. The molecule has 0 bridgehead atoms. The quantitative estimate of drug-likeness (QED) is 0.393. The second-order valence-corrected chi connectivity index (χ2v) is 6.67. The van der Waals surface area contributed by atoms with Gasteiger partial charge in [0.1, 0.15) is 0 Å². The number of carbonyl (C=O) groups excluding carboxylic acids is 1. The number of nitrogens with one attached hydrogen (secondary N) is 1. The van der Waals surface area contributed by atoms with E-state index in [4.69, 9.17) is 14.3 Å². The Labute approximate surface area is 182 Å². The molecule has 3 aromatic carbocycles. The molecule has 0 unspecified atom stereocenters. The van der Waals surface area contributed by atoms with Gasteiger partial charge in [0.25, 0.3) is 5.91 Å². The smallest absolute Gasteiger partial charge is 0.261 e. The highest BCUT2D eigenvalue weighted by molar-refractivity contribution is 5.81. The number of carbonyl (C=O) groups is 1. The molecule has 31 heavy (non-hydrogen) atoms. The van der Waals surface area contributed by atoms with Crippen LogP contribution < -0.4 is 14.8 Å². The van der Waals surface area contributed by atoms with Crippen LogP contribution in [0.25, 0.3) is 0 Å². The Morgan fingerprint density at radius 2 is 1.61 bits per heavy atom. The Kier molecular flexibility index (Phi) is 8.05. The van der Waals surface area contributed by atoms with Gasteiger partial charge in [-0.1, -0.05) is 65.8 Å². The van der Waals surface area contributed by atoms with Gasteiger partial charge < -0.3 is 19.6 Å². The van der Waals surface area contributed by atoms with Crippen molar-refractivity contribution in [1.82, 2.24) is 5.32 Å². The van der Waals surface area contributed by atoms with E-state index < -0.39 is 0 Å². The number of oxime groups is 1. The molecule has 0 atom stereocenters. The van der Waals surface area contributed by atoms with E-state index in [-0.39, 0.29) is 18.6 Å². The topological polar surface area (TPSA) is 69.2 Å². The Morgan fingerprint density at radius 1 is 0.968 bits per heavy atom. The lowest BCUT2D eigenvalue weighted by Crippen LogP contribution is -2.31. The van der Waals surface area contributed by atoms with Crippen LogP contribution in [0.3, 0.4) is 0 Å². The van der Waals surface area contributed by atoms with Gasteiger partial charge in [-0.2, -0.15) is 0 Å². The second-order valence-electron chi connectivity index (χ2n) is 6.67. The molecule has 6 nitrogen and oxygen atoms in total. The van der Waals surface area contributed by atoms with E-state index in [0.717, 1.165) is 16.7 Å². The number of benzene rings is 3. The molecule has 160 valence electrons. The Balaban J connectivity index is 1.59. The van der Waals surface area contributed by atoms with E-state index in [9.17, 15) is 4.79 Å². The lowest BCUT2D eigenvalue weighted by Gasteiger charge is -2.19. The number of nitrogens with zero attached hydrogens (tertiary/aromatic N) is 1. The Morgan fingerprint density at radius 3 is 2.19 bits per heavy atom. The Bertz CT molecular complexity index is 951. The lowest BCUT2D eigenvalue weighted by molar-refractivity contribution is -0.126. The SMILES string of the molecule is CCOc1ccc(/C=N\OCC(=O)NC(c2ccccc2)c2ccccc2)cc1OC. The monoisotopic (exact) mass is 418 g/mol. The van der Waals surface area contributed by atoms with Crippen LogP contribution in [0.2, 0.25) is 0 Å². The first-order valence-electron chi connectivity index (χ1n) is 10.1. The highest BCUT2D eigenvalue weighted by Gasteiger charge is 2.16. The third kappa shape index (κ3) is 6.34. The summed E-state index contributed by atoms with van der Waals surface area (Å²) in [4.78, 5) is 17.7. The molecule has 3 aromatic rings. The predicted molar refractivity (Wildman–Crippen MR) is 121 cm³/mol. The molecule has 0 fully saturated rings. The summed E-state index contributed by atoms with van der Waals surface area (Å²) in [7, 11) is 1.58. The van der Waals surface area contributed by atoms with Crippen LogP contribution in [0.15, 0.2) is 84.0 Å². The van der Waals surface area contributed by atoms with Crippen molar-refractivity contribution in [3.05, 3.63) is 95.6 Å². The summed E-state index contributed by atoms with van der Waals surface area (Å²) in [5.41, 5.74) is 2.76. The van der Waals surface area contributed by atoms with E-state index in [2.05, 4.69) is 10.5 Å². The zero-order chi connectivity index (χ0) is 21.9. The molecule has 0 saturated heterocycles. The Hall–Kier alpha value is -3.80. The van der Waals surface area contributed by atoms with E-state index >= 15 is 0 Å². The minimum absolute atomic E-state index is 0.194. The second kappa shape index (κ2) is 11.4. The fourth-order valence-electron chi connectivity index (χ4n) is 3.09. The molecular weight excluding hydrogens is 392 g/mol. The molecule has 0 aliphatic carbocycles. The van der Waals surface area contributed by atoms with Crippen molar-refractivity contribution in [3.8, 4) is 11.5 Å². The first-order valence-corrected chi connectivity index (χ1v) is 10.1. The largest absolute Gasteiger partial charge is 0.493 e. The standard InChI is InChI=1S/C25H26N2O4/c1-3-30-22-15-14-19(16-23(22)29-2)17-26-31-18-24(28)27-25(20-10-6-4-7-11-20)21-12-8-5-9-13-21/h4-17,25H,3,18H2,1-2H3,(H,27,28)/b26-17-. The third-order valence-corrected chi connectivity index (χ3v) is 4.53. The zero-order valence-corrected chi connectivity index (χ0v) is 17.7. The molecule has 0 aliphatic heterocycles. The summed E-state index contributed by atoms with van der Waals surface area (Å²) in [6.45, 7) is 2.27. The van der Waals surface area contributed by atoms with Gasteiger partial charge in [-0.3, -0.25) is 4.79 Å². The molecule has 0 heterocycles. The van der Waals surface area contributed by atoms with E-state index in [1.54, 1.807) is 19.2 Å². The van der Waals surface area contributed by atoms with Gasteiger partial charge in [0.05, 0.1) is 26.0 Å². The first kappa shape index (κ1) is 21.9. The predicted octanol–water partition coefficient (Wildman–Crippen LogP) is 4.35. The first-order chi connectivity index (χ1) is 15.2. The van der Waals surface area contributed by atoms with Gasteiger partial charge in [0.2, 0.25) is 0 Å². The van der Waals surface area contributed by atoms with Gasteiger partial charge in [0, 0.05) is 5.56 Å². The average Bonchev–Trinajstić information content (AvgIpc) is 2.82. The fourth-order valence-corrected chi connectivity index (χ4v) is 3.09. The maximum Gasteiger partial charge on any atom is 0.261 e. The molecule has 0 aromatic heterocycles. The summed E-state index contributed by atoms with van der Waals surface area (Å²) < 4.78 is 10.8. The minimum Gasteiger partial charge on any atom is -0.493 e. The number of methoxy groups -OCH3 is 1. The summed E-state index contributed by atoms with van der Waals surface area (Å²) >= 11 is 0. The van der Waals surface area contributed by atoms with Gasteiger partial charge in [0.15, 0.2) is 18.1 Å². The summed E-state index contributed by atoms with van der Waals surface area (Å²) in [6, 6.07) is 24.8. The number of rotatable bonds is 10. The molecule has 3 rings (SSSR count). The normalized spacial score (nSPS) is 10.8. The van der Waals surface area contributed by atoms with Gasteiger partial charge in [-0.15, -0.1) is 0 Å². The van der Waals surface area contributed by atoms with Crippen LogP contribution >= 0.6 is 0 Å².